The Hall–Kier alpha value is -5.85. The van der Waals surface area contributed by atoms with Crippen LogP contribution in [0.2, 0.25) is 0 Å². The summed E-state index contributed by atoms with van der Waals surface area (Å²) in [4.78, 5) is 0. The van der Waals surface area contributed by atoms with E-state index < -0.39 is 0 Å². The molecule has 4 heteroatoms. The number of rotatable bonds is 2. The summed E-state index contributed by atoms with van der Waals surface area (Å²) in [5.74, 6) is 0. The van der Waals surface area contributed by atoms with Crippen LogP contribution in [-0.2, 0) is 5.41 Å². The molecule has 1 aliphatic carbocycles. The second kappa shape index (κ2) is 9.87. The normalized spacial score (nSPS) is 13.5. The molecule has 0 aliphatic heterocycles. The van der Waals surface area contributed by atoms with Crippen molar-refractivity contribution in [3.63, 3.8) is 0 Å². The standard InChI is InChI=1S/C46H29N3Se/c1-46(2)36-12-6-3-10-31(36)44-37(46)18-20-41-45(44)32-11-5-8-14-39(32)49(41)29-17-22-43-35(25-29)34-24-28(16-21-42(34)50-43)48-38-13-7-4-9-30(38)33-23-27(26-47)15-19-40(33)48/h3-25H,1-2H3. The van der Waals surface area contributed by atoms with Crippen LogP contribution < -0.4 is 0 Å². The first-order chi connectivity index (χ1) is 24.5. The first-order valence-electron chi connectivity index (χ1n) is 17.1. The Kier molecular flexibility index (Phi) is 5.53. The van der Waals surface area contributed by atoms with Gasteiger partial charge in [0.15, 0.2) is 0 Å². The van der Waals surface area contributed by atoms with Crippen LogP contribution in [-0.4, -0.2) is 23.6 Å². The molecule has 10 aromatic rings. The van der Waals surface area contributed by atoms with Crippen LogP contribution in [0.5, 0.6) is 0 Å². The molecular formula is C46H29N3Se. The minimum absolute atomic E-state index is 0.0469. The zero-order valence-corrected chi connectivity index (χ0v) is 29.2. The van der Waals surface area contributed by atoms with Gasteiger partial charge in [-0.1, -0.05) is 0 Å². The van der Waals surface area contributed by atoms with Gasteiger partial charge in [-0.05, 0) is 0 Å². The zero-order valence-electron chi connectivity index (χ0n) is 27.5. The van der Waals surface area contributed by atoms with Gasteiger partial charge in [0, 0.05) is 0 Å². The van der Waals surface area contributed by atoms with Crippen molar-refractivity contribution >= 4 is 77.4 Å². The Morgan fingerprint density at radius 3 is 1.86 bits per heavy atom. The molecule has 0 fully saturated rings. The summed E-state index contributed by atoms with van der Waals surface area (Å²) in [6, 6.07) is 53.6. The topological polar surface area (TPSA) is 33.6 Å². The summed E-state index contributed by atoms with van der Waals surface area (Å²) < 4.78 is 7.67. The van der Waals surface area contributed by atoms with E-state index in [1.54, 1.807) is 0 Å². The van der Waals surface area contributed by atoms with E-state index in [-0.39, 0.29) is 19.9 Å². The summed E-state index contributed by atoms with van der Waals surface area (Å²) in [5, 5.41) is 17.2. The second-order valence-corrected chi connectivity index (χ2v) is 16.3. The fourth-order valence-electron chi connectivity index (χ4n) is 8.88. The Balaban J connectivity index is 1.16. The Labute approximate surface area is 294 Å². The molecule has 0 saturated heterocycles. The molecule has 3 heterocycles. The molecule has 3 nitrogen and oxygen atoms in total. The third kappa shape index (κ3) is 3.58. The molecule has 11 rings (SSSR count). The predicted molar refractivity (Wildman–Crippen MR) is 209 cm³/mol. The van der Waals surface area contributed by atoms with Gasteiger partial charge in [-0.3, -0.25) is 0 Å². The predicted octanol–water partition coefficient (Wildman–Crippen LogP) is 11.4. The summed E-state index contributed by atoms with van der Waals surface area (Å²) in [7, 11) is 0. The summed E-state index contributed by atoms with van der Waals surface area (Å²) in [6.07, 6.45) is 0. The van der Waals surface area contributed by atoms with Gasteiger partial charge in [0.05, 0.1) is 0 Å². The summed E-state index contributed by atoms with van der Waals surface area (Å²) >= 11 is 0.237. The fraction of sp³-hybridized carbons (Fsp3) is 0.0652. The van der Waals surface area contributed by atoms with Crippen molar-refractivity contribution in [2.75, 3.05) is 0 Å². The molecule has 3 aromatic heterocycles. The van der Waals surface area contributed by atoms with Crippen molar-refractivity contribution in [2.24, 2.45) is 0 Å². The number of nitrogens with zero attached hydrogens (tertiary/aromatic N) is 3. The summed E-state index contributed by atoms with van der Waals surface area (Å²) in [5.41, 5.74) is 13.3. The maximum absolute atomic E-state index is 9.64. The van der Waals surface area contributed by atoms with Crippen molar-refractivity contribution in [1.82, 2.24) is 9.13 Å². The third-order valence-electron chi connectivity index (χ3n) is 11.1. The van der Waals surface area contributed by atoms with Crippen LogP contribution in [0.1, 0.15) is 30.5 Å². The van der Waals surface area contributed by atoms with Crippen LogP contribution in [0.3, 0.4) is 0 Å². The van der Waals surface area contributed by atoms with Crippen molar-refractivity contribution in [3.8, 4) is 28.6 Å². The molecule has 0 radical (unpaired) electrons. The van der Waals surface area contributed by atoms with Crippen molar-refractivity contribution in [2.45, 2.75) is 19.3 Å². The van der Waals surface area contributed by atoms with Gasteiger partial charge in [0.1, 0.15) is 0 Å². The monoisotopic (exact) mass is 703 g/mol. The zero-order chi connectivity index (χ0) is 33.3. The van der Waals surface area contributed by atoms with Crippen LogP contribution in [0, 0.1) is 11.3 Å². The molecular weight excluding hydrogens is 673 g/mol. The number of nitriles is 1. The van der Waals surface area contributed by atoms with E-state index >= 15 is 0 Å². The van der Waals surface area contributed by atoms with E-state index in [4.69, 9.17) is 0 Å². The quantitative estimate of drug-likeness (QED) is 0.165. The fourth-order valence-corrected chi connectivity index (χ4v) is 11.1. The number of aromatic nitrogens is 2. The van der Waals surface area contributed by atoms with Gasteiger partial charge in [-0.25, -0.2) is 0 Å². The van der Waals surface area contributed by atoms with Crippen molar-refractivity contribution in [3.05, 3.63) is 156 Å². The molecule has 0 bridgehead atoms. The van der Waals surface area contributed by atoms with Gasteiger partial charge in [-0.2, -0.15) is 0 Å². The average molecular weight is 703 g/mol. The van der Waals surface area contributed by atoms with E-state index in [2.05, 4.69) is 156 Å². The van der Waals surface area contributed by atoms with Crippen LogP contribution in [0.25, 0.3) is 85.4 Å². The molecule has 0 atom stereocenters. The summed E-state index contributed by atoms with van der Waals surface area (Å²) in [6.45, 7) is 4.72. The molecule has 7 aromatic carbocycles. The molecule has 0 saturated carbocycles. The SMILES string of the molecule is CC1(C)c2ccccc2-c2c1ccc1c2c2ccccc2n1-c1ccc2[se]c3ccc(-n4c5ccccc5c5cc(C#N)ccc54)cc3c2c1. The van der Waals surface area contributed by atoms with Crippen molar-refractivity contribution in [1.29, 1.82) is 5.26 Å². The number of hydrogen-bond donors (Lipinski definition) is 0. The first-order valence-corrected chi connectivity index (χ1v) is 18.8. The molecule has 234 valence electrons. The van der Waals surface area contributed by atoms with E-state index in [9.17, 15) is 5.26 Å². The van der Waals surface area contributed by atoms with Crippen LogP contribution >= 0.6 is 0 Å². The van der Waals surface area contributed by atoms with E-state index in [1.165, 1.54) is 69.0 Å². The molecule has 0 N–H and O–H groups in total. The maximum atomic E-state index is 9.64. The Morgan fingerprint density at radius 2 is 1.12 bits per heavy atom. The van der Waals surface area contributed by atoms with Gasteiger partial charge in [0.25, 0.3) is 0 Å². The van der Waals surface area contributed by atoms with Gasteiger partial charge in [0.2, 0.25) is 0 Å². The Bertz CT molecular complexity index is 3140. The van der Waals surface area contributed by atoms with Gasteiger partial charge < -0.3 is 0 Å². The number of fused-ring (bicyclic) bond motifs is 13. The van der Waals surface area contributed by atoms with Crippen molar-refractivity contribution < 1.29 is 0 Å². The van der Waals surface area contributed by atoms with Crippen LogP contribution in [0.15, 0.2) is 140 Å². The molecule has 0 unspecified atom stereocenters. The van der Waals surface area contributed by atoms with E-state index in [0.29, 0.717) is 5.56 Å². The molecule has 0 spiro atoms. The number of benzene rings is 7. The average Bonchev–Trinajstić information content (AvgIpc) is 3.86. The number of para-hydroxylation sites is 2. The van der Waals surface area contributed by atoms with Crippen LogP contribution in [0.4, 0.5) is 0 Å². The second-order valence-electron chi connectivity index (χ2n) is 14.1. The third-order valence-corrected chi connectivity index (χ3v) is 13.6. The van der Waals surface area contributed by atoms with Gasteiger partial charge in [-0.15, -0.1) is 0 Å². The minimum atomic E-state index is -0.0469. The van der Waals surface area contributed by atoms with E-state index in [0.717, 1.165) is 27.5 Å². The van der Waals surface area contributed by atoms with Gasteiger partial charge >= 0.3 is 296 Å². The molecule has 0 amide bonds. The Morgan fingerprint density at radius 1 is 0.520 bits per heavy atom. The first kappa shape index (κ1) is 28.0. The number of hydrogen-bond acceptors (Lipinski definition) is 1. The molecule has 1 aliphatic rings. The van der Waals surface area contributed by atoms with E-state index in [1.807, 2.05) is 12.1 Å². The molecule has 50 heavy (non-hydrogen) atoms.